The molecular weight excluding hydrogens is 149 g/mol. The number of nitrogens with zero attached hydrogens (tertiary/aromatic N) is 1. The van der Waals surface area contributed by atoms with Crippen LogP contribution in [-0.4, -0.2) is 43.7 Å². The van der Waals surface area contributed by atoms with Crippen molar-refractivity contribution >= 4 is 11.8 Å². The van der Waals surface area contributed by atoms with Crippen molar-refractivity contribution in [2.45, 2.75) is 6.42 Å². The molecule has 0 aromatic carbocycles. The number of rotatable bonds is 6. The predicted molar refractivity (Wildman–Crippen MR) is 46.5 cm³/mol. The van der Waals surface area contributed by atoms with E-state index in [-0.39, 0.29) is 6.67 Å². The molecule has 0 atom stereocenters. The lowest BCUT2D eigenvalue weighted by Crippen LogP contribution is -2.22. The number of alkyl halides is 1. The first-order chi connectivity index (χ1) is 4.81. The van der Waals surface area contributed by atoms with E-state index in [9.17, 15) is 4.39 Å². The molecule has 0 aliphatic carbocycles. The number of hydrogen-bond acceptors (Lipinski definition) is 2. The zero-order valence-electron chi connectivity index (χ0n) is 6.77. The van der Waals surface area contributed by atoms with Crippen LogP contribution < -0.4 is 0 Å². The lowest BCUT2D eigenvalue weighted by Gasteiger charge is -2.12. The maximum Gasteiger partial charge on any atom is 0.102 e. The van der Waals surface area contributed by atoms with Gasteiger partial charge in [0.15, 0.2) is 0 Å². The van der Waals surface area contributed by atoms with Crippen molar-refractivity contribution in [3.63, 3.8) is 0 Å². The van der Waals surface area contributed by atoms with Crippen LogP contribution in [0.3, 0.4) is 0 Å². The smallest absolute Gasteiger partial charge is 0.102 e. The molecule has 0 fully saturated rings. The molecule has 0 saturated heterocycles. The van der Waals surface area contributed by atoms with Crippen molar-refractivity contribution < 1.29 is 4.39 Å². The summed E-state index contributed by atoms with van der Waals surface area (Å²) >= 11 is 1.84. The topological polar surface area (TPSA) is 3.24 Å². The summed E-state index contributed by atoms with van der Waals surface area (Å²) in [5, 5.41) is 0. The molecule has 0 aromatic rings. The van der Waals surface area contributed by atoms with Gasteiger partial charge < -0.3 is 4.90 Å². The van der Waals surface area contributed by atoms with Crippen LogP contribution in [0.15, 0.2) is 0 Å². The standard InChI is InChI=1S/C7H16FNS/c1-9(6-4-8)5-3-7-10-2/h3-7H2,1-2H3. The zero-order chi connectivity index (χ0) is 7.82. The zero-order valence-corrected chi connectivity index (χ0v) is 7.59. The van der Waals surface area contributed by atoms with Gasteiger partial charge in [-0.15, -0.1) is 0 Å². The number of thioether (sulfide) groups is 1. The summed E-state index contributed by atoms with van der Waals surface area (Å²) in [5.41, 5.74) is 0. The summed E-state index contributed by atoms with van der Waals surface area (Å²) in [7, 11) is 1.96. The van der Waals surface area contributed by atoms with Crippen LogP contribution in [0.5, 0.6) is 0 Å². The fraction of sp³-hybridized carbons (Fsp3) is 1.00. The van der Waals surface area contributed by atoms with Crippen LogP contribution in [-0.2, 0) is 0 Å². The molecule has 0 aromatic heterocycles. The second-order valence-electron chi connectivity index (χ2n) is 2.34. The second-order valence-corrected chi connectivity index (χ2v) is 3.32. The van der Waals surface area contributed by atoms with Crippen LogP contribution >= 0.6 is 11.8 Å². The van der Waals surface area contributed by atoms with Gasteiger partial charge in [0.05, 0.1) is 0 Å². The Bertz CT molecular complexity index is 70.6. The average Bonchev–Trinajstić information content (AvgIpc) is 1.89. The summed E-state index contributed by atoms with van der Waals surface area (Å²) in [6.07, 6.45) is 3.26. The fourth-order valence-electron chi connectivity index (χ4n) is 0.735. The average molecular weight is 165 g/mol. The Hall–Kier alpha value is 0.240. The third-order valence-electron chi connectivity index (χ3n) is 1.35. The van der Waals surface area contributed by atoms with E-state index < -0.39 is 0 Å². The van der Waals surface area contributed by atoms with Crippen molar-refractivity contribution in [2.75, 3.05) is 38.8 Å². The van der Waals surface area contributed by atoms with Gasteiger partial charge in [-0.2, -0.15) is 11.8 Å². The first-order valence-corrected chi connectivity index (χ1v) is 4.94. The molecule has 0 spiro atoms. The molecule has 0 unspecified atom stereocenters. The van der Waals surface area contributed by atoms with E-state index in [1.807, 2.05) is 23.7 Å². The largest absolute Gasteiger partial charge is 0.304 e. The molecule has 62 valence electrons. The molecular formula is C7H16FNS. The lowest BCUT2D eigenvalue weighted by atomic mass is 10.4. The third-order valence-corrected chi connectivity index (χ3v) is 2.05. The van der Waals surface area contributed by atoms with Gasteiger partial charge in [-0.1, -0.05) is 0 Å². The van der Waals surface area contributed by atoms with Crippen LogP contribution in [0, 0.1) is 0 Å². The van der Waals surface area contributed by atoms with Crippen LogP contribution in [0.2, 0.25) is 0 Å². The van der Waals surface area contributed by atoms with Gasteiger partial charge >= 0.3 is 0 Å². The number of hydrogen-bond donors (Lipinski definition) is 0. The Morgan fingerprint density at radius 1 is 1.40 bits per heavy atom. The summed E-state index contributed by atoms with van der Waals surface area (Å²) in [6, 6.07) is 0. The molecule has 0 aliphatic heterocycles. The van der Waals surface area contributed by atoms with Crippen LogP contribution in [0.25, 0.3) is 0 Å². The molecule has 3 heteroatoms. The second kappa shape index (κ2) is 7.35. The van der Waals surface area contributed by atoms with Gasteiger partial charge in [0, 0.05) is 6.54 Å². The van der Waals surface area contributed by atoms with E-state index in [1.165, 1.54) is 5.75 Å². The highest BCUT2D eigenvalue weighted by atomic mass is 32.2. The van der Waals surface area contributed by atoms with E-state index in [0.29, 0.717) is 6.54 Å². The van der Waals surface area contributed by atoms with E-state index in [0.717, 1.165) is 13.0 Å². The quantitative estimate of drug-likeness (QED) is 0.550. The highest BCUT2D eigenvalue weighted by Gasteiger charge is 1.95. The van der Waals surface area contributed by atoms with Gasteiger partial charge in [-0.3, -0.25) is 0 Å². The molecule has 0 aliphatic rings. The molecule has 0 bridgehead atoms. The molecule has 10 heavy (non-hydrogen) atoms. The van der Waals surface area contributed by atoms with Crippen molar-refractivity contribution in [1.82, 2.24) is 4.90 Å². The third kappa shape index (κ3) is 6.36. The molecule has 0 N–H and O–H groups in total. The van der Waals surface area contributed by atoms with Gasteiger partial charge in [0.1, 0.15) is 6.67 Å². The van der Waals surface area contributed by atoms with Crippen LogP contribution in [0.1, 0.15) is 6.42 Å². The fourth-order valence-corrected chi connectivity index (χ4v) is 1.15. The predicted octanol–water partition coefficient (Wildman–Crippen LogP) is 1.64. The molecule has 0 rings (SSSR count). The van der Waals surface area contributed by atoms with Gasteiger partial charge in [0.2, 0.25) is 0 Å². The summed E-state index contributed by atoms with van der Waals surface area (Å²) in [5.74, 6) is 1.18. The summed E-state index contributed by atoms with van der Waals surface area (Å²) < 4.78 is 11.7. The highest BCUT2D eigenvalue weighted by molar-refractivity contribution is 7.98. The Morgan fingerprint density at radius 2 is 2.10 bits per heavy atom. The first kappa shape index (κ1) is 10.2. The molecule has 0 saturated carbocycles. The van der Waals surface area contributed by atoms with Gasteiger partial charge in [-0.25, -0.2) is 4.39 Å². The van der Waals surface area contributed by atoms with Crippen molar-refractivity contribution in [3.05, 3.63) is 0 Å². The van der Waals surface area contributed by atoms with Crippen LogP contribution in [0.4, 0.5) is 4.39 Å². The van der Waals surface area contributed by atoms with E-state index in [1.54, 1.807) is 0 Å². The monoisotopic (exact) mass is 165 g/mol. The van der Waals surface area contributed by atoms with E-state index >= 15 is 0 Å². The first-order valence-electron chi connectivity index (χ1n) is 3.54. The number of halogens is 1. The normalized spacial score (nSPS) is 10.8. The van der Waals surface area contributed by atoms with Crippen molar-refractivity contribution in [2.24, 2.45) is 0 Å². The highest BCUT2D eigenvalue weighted by Crippen LogP contribution is 1.96. The maximum absolute atomic E-state index is 11.7. The molecule has 0 heterocycles. The molecule has 0 amide bonds. The molecule has 0 radical (unpaired) electrons. The summed E-state index contributed by atoms with van der Waals surface area (Å²) in [6.45, 7) is 1.37. The van der Waals surface area contributed by atoms with Crippen molar-refractivity contribution in [3.8, 4) is 0 Å². The Labute approximate surface area is 67.0 Å². The summed E-state index contributed by atoms with van der Waals surface area (Å²) in [4.78, 5) is 2.02. The Kier molecular flexibility index (Phi) is 7.52. The minimum Gasteiger partial charge on any atom is -0.304 e. The Balaban J connectivity index is 2.97. The van der Waals surface area contributed by atoms with Crippen molar-refractivity contribution in [1.29, 1.82) is 0 Å². The van der Waals surface area contributed by atoms with Gasteiger partial charge in [-0.05, 0) is 32.0 Å². The molecule has 1 nitrogen and oxygen atoms in total. The maximum atomic E-state index is 11.7. The SMILES string of the molecule is CSCCCN(C)CCF. The Morgan fingerprint density at radius 3 is 2.60 bits per heavy atom. The lowest BCUT2D eigenvalue weighted by molar-refractivity contribution is 0.296. The van der Waals surface area contributed by atoms with E-state index in [4.69, 9.17) is 0 Å². The minimum atomic E-state index is -0.226. The minimum absolute atomic E-state index is 0.226. The van der Waals surface area contributed by atoms with Gasteiger partial charge in [0.25, 0.3) is 0 Å². The van der Waals surface area contributed by atoms with E-state index in [2.05, 4.69) is 6.26 Å².